The molecule has 7 nitrogen and oxygen atoms in total. The van der Waals surface area contributed by atoms with E-state index >= 15 is 0 Å². The molecule has 1 aliphatic rings. The van der Waals surface area contributed by atoms with E-state index in [1.165, 1.54) is 0 Å². The van der Waals surface area contributed by atoms with Gasteiger partial charge in [0.2, 0.25) is 5.91 Å². The molecule has 7 heteroatoms. The molecule has 0 aromatic heterocycles. The van der Waals surface area contributed by atoms with E-state index in [9.17, 15) is 14.4 Å². The number of benzene rings is 3. The largest absolute Gasteiger partial charge is 0.481 e. The van der Waals surface area contributed by atoms with E-state index in [0.29, 0.717) is 5.56 Å². The summed E-state index contributed by atoms with van der Waals surface area (Å²) in [6, 6.07) is 23.8. The molecule has 0 spiro atoms. The van der Waals surface area contributed by atoms with Gasteiger partial charge in [0.1, 0.15) is 12.6 Å². The number of carboxylic acids is 1. The Hall–Kier alpha value is -4.13. The zero-order valence-corrected chi connectivity index (χ0v) is 19.7. The fourth-order valence-corrected chi connectivity index (χ4v) is 4.53. The van der Waals surface area contributed by atoms with Gasteiger partial charge in [0, 0.05) is 11.5 Å². The van der Waals surface area contributed by atoms with Gasteiger partial charge in [-0.25, -0.2) is 4.79 Å². The van der Waals surface area contributed by atoms with Crippen molar-refractivity contribution in [2.24, 2.45) is 0 Å². The molecular formula is C28H28N2O5. The Morgan fingerprint density at radius 1 is 0.886 bits per heavy atom. The highest BCUT2D eigenvalue weighted by atomic mass is 16.5. The van der Waals surface area contributed by atoms with Gasteiger partial charge < -0.3 is 20.5 Å². The normalized spacial score (nSPS) is 13.3. The van der Waals surface area contributed by atoms with Crippen molar-refractivity contribution in [3.05, 3.63) is 95.6 Å². The number of carbonyl (C=O) groups excluding carboxylic acids is 2. The third-order valence-corrected chi connectivity index (χ3v) is 6.06. The second kappa shape index (κ2) is 10.0. The summed E-state index contributed by atoms with van der Waals surface area (Å²) in [6.07, 6.45) is -0.988. The van der Waals surface area contributed by atoms with Crippen LogP contribution in [0.25, 0.3) is 11.1 Å². The van der Waals surface area contributed by atoms with Crippen LogP contribution < -0.4 is 10.6 Å². The molecule has 35 heavy (non-hydrogen) atoms. The van der Waals surface area contributed by atoms with E-state index in [-0.39, 0.29) is 18.9 Å². The molecule has 1 atom stereocenters. The quantitative estimate of drug-likeness (QED) is 0.443. The third-order valence-electron chi connectivity index (χ3n) is 6.06. The Labute approximate surface area is 204 Å². The van der Waals surface area contributed by atoms with E-state index in [0.717, 1.165) is 22.3 Å². The Morgan fingerprint density at radius 2 is 1.43 bits per heavy atom. The molecule has 1 aliphatic carbocycles. The van der Waals surface area contributed by atoms with Crippen LogP contribution in [0.2, 0.25) is 0 Å². The highest BCUT2D eigenvalue weighted by molar-refractivity contribution is 5.88. The van der Waals surface area contributed by atoms with Gasteiger partial charge in [-0.2, -0.15) is 0 Å². The van der Waals surface area contributed by atoms with Crippen molar-refractivity contribution in [3.63, 3.8) is 0 Å². The van der Waals surface area contributed by atoms with Crippen LogP contribution in [0.1, 0.15) is 48.9 Å². The molecule has 2 amide bonds. The molecular weight excluding hydrogens is 444 g/mol. The topological polar surface area (TPSA) is 105 Å². The minimum Gasteiger partial charge on any atom is -0.481 e. The van der Waals surface area contributed by atoms with Gasteiger partial charge >= 0.3 is 12.1 Å². The zero-order chi connectivity index (χ0) is 25.0. The van der Waals surface area contributed by atoms with Crippen molar-refractivity contribution in [1.82, 2.24) is 10.6 Å². The van der Waals surface area contributed by atoms with Crippen LogP contribution in [0, 0.1) is 0 Å². The monoisotopic (exact) mass is 472 g/mol. The Balaban J connectivity index is 1.48. The smallest absolute Gasteiger partial charge is 0.408 e. The van der Waals surface area contributed by atoms with Crippen molar-refractivity contribution in [2.75, 3.05) is 6.61 Å². The fraction of sp³-hybridized carbons (Fsp3) is 0.250. The summed E-state index contributed by atoms with van der Waals surface area (Å²) >= 11 is 0. The van der Waals surface area contributed by atoms with Gasteiger partial charge in [0.05, 0.1) is 6.42 Å². The highest BCUT2D eigenvalue weighted by Crippen LogP contribution is 2.44. The Kier molecular flexibility index (Phi) is 6.87. The first-order valence-electron chi connectivity index (χ1n) is 11.5. The summed E-state index contributed by atoms with van der Waals surface area (Å²) in [4.78, 5) is 37.1. The van der Waals surface area contributed by atoms with Crippen LogP contribution in [-0.4, -0.2) is 35.2 Å². The Bertz CT molecular complexity index is 1190. The molecule has 3 aromatic carbocycles. The number of hydrogen-bond donors (Lipinski definition) is 3. The fourth-order valence-electron chi connectivity index (χ4n) is 4.53. The van der Waals surface area contributed by atoms with Crippen LogP contribution in [-0.2, 0) is 14.3 Å². The predicted molar refractivity (Wildman–Crippen MR) is 132 cm³/mol. The maximum Gasteiger partial charge on any atom is 0.408 e. The first kappa shape index (κ1) is 24.0. The van der Waals surface area contributed by atoms with Crippen LogP contribution in [0.4, 0.5) is 4.79 Å². The van der Waals surface area contributed by atoms with Gasteiger partial charge in [0.25, 0.3) is 0 Å². The average Bonchev–Trinajstić information content (AvgIpc) is 3.14. The Morgan fingerprint density at radius 3 is 2.00 bits per heavy atom. The van der Waals surface area contributed by atoms with Crippen LogP contribution >= 0.6 is 0 Å². The molecule has 180 valence electrons. The molecule has 0 fully saturated rings. The van der Waals surface area contributed by atoms with Crippen molar-refractivity contribution in [3.8, 4) is 11.1 Å². The van der Waals surface area contributed by atoms with Crippen LogP contribution in [0.15, 0.2) is 78.9 Å². The van der Waals surface area contributed by atoms with Crippen LogP contribution in [0.5, 0.6) is 0 Å². The molecule has 0 aliphatic heterocycles. The summed E-state index contributed by atoms with van der Waals surface area (Å²) in [7, 11) is 0. The highest BCUT2D eigenvalue weighted by Gasteiger charge is 2.32. The lowest BCUT2D eigenvalue weighted by molar-refractivity contribution is -0.138. The van der Waals surface area contributed by atoms with E-state index in [2.05, 4.69) is 22.8 Å². The number of aliphatic carboxylic acids is 1. The molecule has 0 heterocycles. The lowest BCUT2D eigenvalue weighted by Crippen LogP contribution is -2.50. The number of alkyl carbamates (subject to hydrolysis) is 1. The second-order valence-electron chi connectivity index (χ2n) is 9.26. The standard InChI is InChI=1S/C28H28N2O5/c1-28(2,16-24(31)32)30-26(33)25(18-10-4-3-5-11-18)29-27(34)35-17-23-21-14-8-6-12-19(21)20-13-7-9-15-22(20)23/h3-15,23,25H,16-17H2,1-2H3,(H,29,34)(H,30,33)(H,31,32)/t25-/m1/s1. The summed E-state index contributed by atoms with van der Waals surface area (Å²) in [5, 5.41) is 14.5. The number of carboxylic acid groups (broad SMARTS) is 1. The SMILES string of the molecule is CC(C)(CC(=O)O)NC(=O)[C@H](NC(=O)OCC1c2ccccc2-c2ccccc21)c1ccccc1. The number of amides is 2. The van der Waals surface area contributed by atoms with Gasteiger partial charge in [-0.05, 0) is 41.7 Å². The molecule has 0 radical (unpaired) electrons. The molecule has 0 saturated carbocycles. The molecule has 3 aromatic rings. The number of carbonyl (C=O) groups is 3. The second-order valence-corrected chi connectivity index (χ2v) is 9.26. The number of ether oxygens (including phenoxy) is 1. The lowest BCUT2D eigenvalue weighted by Gasteiger charge is -2.28. The number of fused-ring (bicyclic) bond motifs is 3. The summed E-state index contributed by atoms with van der Waals surface area (Å²) in [5.41, 5.74) is 3.99. The maximum absolute atomic E-state index is 13.1. The van der Waals surface area contributed by atoms with E-state index in [4.69, 9.17) is 9.84 Å². The number of hydrogen-bond acceptors (Lipinski definition) is 4. The van der Waals surface area contributed by atoms with E-state index in [1.54, 1.807) is 44.2 Å². The van der Waals surface area contributed by atoms with E-state index < -0.39 is 29.6 Å². The van der Waals surface area contributed by atoms with Crippen LogP contribution in [0.3, 0.4) is 0 Å². The molecule has 0 unspecified atom stereocenters. The lowest BCUT2D eigenvalue weighted by atomic mass is 9.98. The van der Waals surface area contributed by atoms with Crippen molar-refractivity contribution in [2.45, 2.75) is 37.8 Å². The van der Waals surface area contributed by atoms with E-state index in [1.807, 2.05) is 36.4 Å². The first-order valence-corrected chi connectivity index (χ1v) is 11.5. The molecule has 0 bridgehead atoms. The molecule has 4 rings (SSSR count). The third kappa shape index (κ3) is 5.51. The predicted octanol–water partition coefficient (Wildman–Crippen LogP) is 4.64. The summed E-state index contributed by atoms with van der Waals surface area (Å²) in [6.45, 7) is 3.36. The number of nitrogens with one attached hydrogen (secondary N) is 2. The van der Waals surface area contributed by atoms with Crippen molar-refractivity contribution >= 4 is 18.0 Å². The minimum atomic E-state index is -1.04. The minimum absolute atomic E-state index is 0.105. The van der Waals surface area contributed by atoms with Gasteiger partial charge in [-0.1, -0.05) is 78.9 Å². The van der Waals surface area contributed by atoms with Crippen molar-refractivity contribution < 1.29 is 24.2 Å². The van der Waals surface area contributed by atoms with Gasteiger partial charge in [-0.3, -0.25) is 9.59 Å². The number of rotatable bonds is 8. The molecule has 0 saturated heterocycles. The van der Waals surface area contributed by atoms with Gasteiger partial charge in [0.15, 0.2) is 0 Å². The average molecular weight is 473 g/mol. The summed E-state index contributed by atoms with van der Waals surface area (Å²) in [5.74, 6) is -1.65. The first-order chi connectivity index (χ1) is 16.7. The molecule has 3 N–H and O–H groups in total. The van der Waals surface area contributed by atoms with Gasteiger partial charge in [-0.15, -0.1) is 0 Å². The maximum atomic E-state index is 13.1. The zero-order valence-electron chi connectivity index (χ0n) is 19.7. The summed E-state index contributed by atoms with van der Waals surface area (Å²) < 4.78 is 5.61. The van der Waals surface area contributed by atoms with Crippen molar-refractivity contribution in [1.29, 1.82) is 0 Å².